The van der Waals surface area contributed by atoms with Gasteiger partial charge >= 0.3 is 0 Å². The number of hydrogen-bond donors (Lipinski definition) is 2. The zero-order valence-electron chi connectivity index (χ0n) is 32.6. The lowest BCUT2D eigenvalue weighted by Gasteiger charge is -2.19. The summed E-state index contributed by atoms with van der Waals surface area (Å²) in [6.07, 6.45) is 0. The number of nitrogens with two attached hydrogens (primary N) is 1. The first kappa shape index (κ1) is 47.7. The fourth-order valence-electron chi connectivity index (χ4n) is 5.00. The van der Waals surface area contributed by atoms with Crippen LogP contribution in [0, 0.1) is 24.7 Å². The zero-order valence-corrected chi connectivity index (χ0v) is 38.2. The van der Waals surface area contributed by atoms with Gasteiger partial charge < -0.3 is 20.5 Å². The third kappa shape index (κ3) is 15.2. The van der Waals surface area contributed by atoms with Crippen LogP contribution in [0.5, 0.6) is 11.5 Å². The molecule has 0 bridgehead atoms. The Morgan fingerprint density at radius 1 is 0.673 bits per heavy atom. The van der Waals surface area contributed by atoms with Gasteiger partial charge in [-0.25, -0.2) is 16.8 Å². The minimum atomic E-state index is -3.53. The monoisotopic (exact) mass is 942 g/mol. The molecule has 0 aliphatic carbocycles. The molecular weight excluding hydrogens is 896 g/mol. The van der Waals surface area contributed by atoms with Gasteiger partial charge in [-0.1, -0.05) is 73.4 Å². The van der Waals surface area contributed by atoms with Crippen LogP contribution < -0.4 is 20.5 Å². The lowest BCUT2D eigenvalue weighted by Crippen LogP contribution is -2.21. The van der Waals surface area contributed by atoms with E-state index in [-0.39, 0.29) is 55.1 Å². The Kier molecular flexibility index (Phi) is 17.0. The highest BCUT2D eigenvalue weighted by molar-refractivity contribution is 9.10. The maximum Gasteiger partial charge on any atom is 0.255 e. The number of carbonyl (C=O) groups excluding carboxylic acids is 2. The predicted molar refractivity (Wildman–Crippen MR) is 229 cm³/mol. The van der Waals surface area contributed by atoms with Crippen molar-refractivity contribution in [1.82, 2.24) is 0 Å². The number of methoxy groups -OCH3 is 2. The highest BCUT2D eigenvalue weighted by atomic mass is 79.9. The van der Waals surface area contributed by atoms with Gasteiger partial charge in [0.25, 0.3) is 11.1 Å². The number of sulfone groups is 2. The number of rotatable bonds is 9. The summed E-state index contributed by atoms with van der Waals surface area (Å²) in [5.74, 6) is -0.0608. The summed E-state index contributed by atoms with van der Waals surface area (Å²) in [6, 6.07) is 19.7. The number of anilines is 2. The molecule has 4 aromatic rings. The standard InChI is InChI=1S/C20H24BrNO4S.C13H17ClO4S.C7H8BrN/c1-13-10-15(7-8-16(13)21)22-19(23)14-6-9-18(17(11-14)26-5)27(24,25)12-20(2,3)4;1-13(2,3)8-19(16,17)11-6-5-9(12(14)15)7-10(11)18-4;1-5-4-6(9)2-3-7(5)8/h6-11H,12H2,1-5H3,(H,22,23);5-7H,8H2,1-4H3;2-4H,9H2,1H3. The van der Waals surface area contributed by atoms with Crippen molar-refractivity contribution in [1.29, 1.82) is 0 Å². The smallest absolute Gasteiger partial charge is 0.255 e. The van der Waals surface area contributed by atoms with Gasteiger partial charge in [0.2, 0.25) is 0 Å². The number of nitrogen functional groups attached to an aromatic ring is 1. The first-order chi connectivity index (χ1) is 25.2. The molecule has 300 valence electrons. The molecule has 10 nitrogen and oxygen atoms in total. The maximum atomic E-state index is 12.7. The van der Waals surface area contributed by atoms with E-state index in [4.69, 9.17) is 26.8 Å². The van der Waals surface area contributed by atoms with E-state index in [1.165, 1.54) is 56.2 Å². The number of amides is 1. The minimum absolute atomic E-state index is 0.00940. The van der Waals surface area contributed by atoms with Gasteiger partial charge in [-0.15, -0.1) is 0 Å². The number of aryl methyl sites for hydroxylation is 2. The largest absolute Gasteiger partial charge is 0.495 e. The van der Waals surface area contributed by atoms with Crippen LogP contribution in [0.2, 0.25) is 0 Å². The van der Waals surface area contributed by atoms with E-state index in [0.717, 1.165) is 20.2 Å². The van der Waals surface area contributed by atoms with E-state index in [9.17, 15) is 26.4 Å². The van der Waals surface area contributed by atoms with Crippen LogP contribution in [-0.2, 0) is 19.7 Å². The number of hydrogen-bond acceptors (Lipinski definition) is 9. The Hall–Kier alpha value is -3.43. The summed E-state index contributed by atoms with van der Waals surface area (Å²) in [6.45, 7) is 15.0. The van der Waals surface area contributed by atoms with Crippen molar-refractivity contribution in [3.8, 4) is 11.5 Å². The van der Waals surface area contributed by atoms with Crippen molar-refractivity contribution in [3.05, 3.63) is 104 Å². The second-order valence-corrected chi connectivity index (χ2v) is 21.0. The van der Waals surface area contributed by atoms with E-state index in [0.29, 0.717) is 11.3 Å². The molecule has 4 aromatic carbocycles. The van der Waals surface area contributed by atoms with Crippen molar-refractivity contribution in [2.45, 2.75) is 65.2 Å². The van der Waals surface area contributed by atoms with E-state index < -0.39 is 24.9 Å². The minimum Gasteiger partial charge on any atom is -0.495 e. The number of ether oxygens (including phenoxy) is 2. The Labute approximate surface area is 347 Å². The van der Waals surface area contributed by atoms with Crippen LogP contribution in [0.25, 0.3) is 0 Å². The number of benzene rings is 4. The highest BCUT2D eigenvalue weighted by Crippen LogP contribution is 2.32. The summed E-state index contributed by atoms with van der Waals surface area (Å²) < 4.78 is 62.4. The summed E-state index contributed by atoms with van der Waals surface area (Å²) in [5.41, 5.74) is 8.91. The second kappa shape index (κ2) is 19.6. The van der Waals surface area contributed by atoms with Gasteiger partial charge in [-0.2, -0.15) is 0 Å². The number of carbonyl (C=O) groups is 2. The predicted octanol–water partition coefficient (Wildman–Crippen LogP) is 10.1. The van der Waals surface area contributed by atoms with Crippen LogP contribution in [0.4, 0.5) is 11.4 Å². The van der Waals surface area contributed by atoms with Crippen molar-refractivity contribution in [2.75, 3.05) is 36.8 Å². The molecule has 1 amide bonds. The molecule has 0 saturated heterocycles. The van der Waals surface area contributed by atoms with E-state index in [1.807, 2.05) is 85.7 Å². The summed E-state index contributed by atoms with van der Waals surface area (Å²) in [4.78, 5) is 23.8. The van der Waals surface area contributed by atoms with Crippen molar-refractivity contribution < 1.29 is 35.9 Å². The average Bonchev–Trinajstić information content (AvgIpc) is 3.06. The van der Waals surface area contributed by atoms with Crippen molar-refractivity contribution >= 4 is 85.7 Å². The van der Waals surface area contributed by atoms with Crippen LogP contribution in [0.1, 0.15) is 73.4 Å². The molecule has 0 aliphatic heterocycles. The van der Waals surface area contributed by atoms with Crippen LogP contribution in [0.3, 0.4) is 0 Å². The fourth-order valence-corrected chi connectivity index (χ4v) is 9.65. The third-order valence-electron chi connectivity index (χ3n) is 7.33. The van der Waals surface area contributed by atoms with E-state index >= 15 is 0 Å². The molecule has 0 radical (unpaired) electrons. The molecule has 0 heterocycles. The molecule has 0 spiro atoms. The van der Waals surface area contributed by atoms with Crippen molar-refractivity contribution in [2.24, 2.45) is 10.8 Å². The first-order valence-corrected chi connectivity index (χ1v) is 22.1. The molecule has 0 unspecified atom stereocenters. The molecule has 3 N–H and O–H groups in total. The average molecular weight is 945 g/mol. The first-order valence-electron chi connectivity index (χ1n) is 16.8. The van der Waals surface area contributed by atoms with Gasteiger partial charge in [0, 0.05) is 31.4 Å². The zero-order chi connectivity index (χ0) is 42.1. The molecule has 0 aliphatic rings. The van der Waals surface area contributed by atoms with Crippen LogP contribution in [-0.4, -0.2) is 53.7 Å². The van der Waals surface area contributed by atoms with Crippen LogP contribution >= 0.6 is 43.5 Å². The normalized spacial score (nSPS) is 11.7. The molecule has 0 saturated carbocycles. The SMILES string of the molecule is COc1cc(C(=O)Cl)ccc1S(=O)(=O)CC(C)(C)C.COc1cc(C(=O)Nc2ccc(Br)c(C)c2)ccc1S(=O)(=O)CC(C)(C)C.Cc1cc(N)ccc1Br. The summed E-state index contributed by atoms with van der Waals surface area (Å²) in [7, 11) is -4.27. The quantitative estimate of drug-likeness (QED) is 0.123. The lowest BCUT2D eigenvalue weighted by atomic mass is 10.0. The molecule has 0 atom stereocenters. The molecule has 0 fully saturated rings. The summed E-state index contributed by atoms with van der Waals surface area (Å²) >= 11 is 12.2. The molecule has 15 heteroatoms. The Bertz CT molecular complexity index is 2230. The highest BCUT2D eigenvalue weighted by Gasteiger charge is 2.28. The molecular formula is C40H49Br2ClN2O8S2. The third-order valence-corrected chi connectivity index (χ3v) is 13.8. The maximum absolute atomic E-state index is 12.7. The number of nitrogens with one attached hydrogen (secondary N) is 1. The van der Waals surface area contributed by atoms with E-state index in [2.05, 4.69) is 37.2 Å². The molecule has 0 aromatic heterocycles. The van der Waals surface area contributed by atoms with Crippen molar-refractivity contribution in [3.63, 3.8) is 0 Å². The van der Waals surface area contributed by atoms with Gasteiger partial charge in [0.05, 0.1) is 25.7 Å². The van der Waals surface area contributed by atoms with Gasteiger partial charge in [0.1, 0.15) is 21.3 Å². The van der Waals surface area contributed by atoms with Crippen LogP contribution in [0.15, 0.2) is 91.5 Å². The Morgan fingerprint density at radius 3 is 1.47 bits per heavy atom. The molecule has 4 rings (SSSR count). The Balaban J connectivity index is 0.000000322. The van der Waals surface area contributed by atoms with Gasteiger partial charge in [-0.3, -0.25) is 9.59 Å². The van der Waals surface area contributed by atoms with Gasteiger partial charge in [0.15, 0.2) is 19.7 Å². The topological polar surface area (TPSA) is 159 Å². The number of halogens is 3. The lowest BCUT2D eigenvalue weighted by molar-refractivity contribution is 0.102. The second-order valence-electron chi connectivity index (χ2n) is 15.1. The van der Waals surface area contributed by atoms with E-state index in [1.54, 1.807) is 6.07 Å². The Morgan fingerprint density at radius 2 is 1.09 bits per heavy atom. The fraction of sp³-hybridized carbons (Fsp3) is 0.350. The van der Waals surface area contributed by atoms with Gasteiger partial charge in [-0.05, 0) is 120 Å². The summed E-state index contributed by atoms with van der Waals surface area (Å²) in [5, 5.41) is 2.15. The molecule has 55 heavy (non-hydrogen) atoms.